The Morgan fingerprint density at radius 1 is 1.18 bits per heavy atom. The third kappa shape index (κ3) is 4.60. The van der Waals surface area contributed by atoms with E-state index < -0.39 is 3.36 Å². The van der Waals surface area contributed by atoms with E-state index in [9.17, 15) is 0 Å². The number of rotatable bonds is 4. The van der Waals surface area contributed by atoms with E-state index in [1.54, 1.807) is 0 Å². The van der Waals surface area contributed by atoms with Crippen LogP contribution in [0.5, 0.6) is 0 Å². The summed E-state index contributed by atoms with van der Waals surface area (Å²) in [6.45, 7) is 2.15. The molecule has 0 spiro atoms. The molecule has 0 aromatic heterocycles. The van der Waals surface area contributed by atoms with Gasteiger partial charge >= 0.3 is 0 Å². The molecule has 0 aliphatic carbocycles. The third-order valence-electron chi connectivity index (χ3n) is 1.33. The molecule has 0 heterocycles. The van der Waals surface area contributed by atoms with E-state index in [2.05, 4.69) is 70.6 Å². The summed E-state index contributed by atoms with van der Waals surface area (Å²) in [4.78, 5) is 0. The lowest BCUT2D eigenvalue weighted by atomic mass is 10.2. The van der Waals surface area contributed by atoms with Gasteiger partial charge in [-0.05, 0) is 6.42 Å². The van der Waals surface area contributed by atoms with Crippen LogP contribution in [0.2, 0.25) is 0 Å². The SMILES string of the molecule is CCCCC(Br)(Br)C(N)(Br)Br. The molecule has 68 valence electrons. The summed E-state index contributed by atoms with van der Waals surface area (Å²) in [6.07, 6.45) is 3.26. The molecule has 0 saturated heterocycles. The quantitative estimate of drug-likeness (QED) is 0.543. The molecule has 5 heteroatoms. The summed E-state index contributed by atoms with van der Waals surface area (Å²) in [5.74, 6) is 0. The fraction of sp³-hybridized carbons (Fsp3) is 1.00. The van der Waals surface area contributed by atoms with Gasteiger partial charge in [0.25, 0.3) is 0 Å². The highest BCUT2D eigenvalue weighted by Crippen LogP contribution is 2.47. The van der Waals surface area contributed by atoms with E-state index in [1.807, 2.05) is 0 Å². The number of unbranched alkanes of at least 4 members (excludes halogenated alkanes) is 1. The van der Waals surface area contributed by atoms with Crippen molar-refractivity contribution >= 4 is 63.7 Å². The summed E-state index contributed by atoms with van der Waals surface area (Å²) in [6, 6.07) is 0. The number of nitrogens with two attached hydrogens (primary N) is 1. The minimum absolute atomic E-state index is 0.275. The predicted molar refractivity (Wildman–Crippen MR) is 64.9 cm³/mol. The fourth-order valence-corrected chi connectivity index (χ4v) is 1.52. The fourth-order valence-electron chi connectivity index (χ4n) is 0.565. The van der Waals surface area contributed by atoms with Gasteiger partial charge in [0.1, 0.15) is 3.23 Å². The van der Waals surface area contributed by atoms with Crippen LogP contribution in [0.1, 0.15) is 26.2 Å². The topological polar surface area (TPSA) is 26.0 Å². The second-order valence-electron chi connectivity index (χ2n) is 2.43. The van der Waals surface area contributed by atoms with E-state index in [-0.39, 0.29) is 3.23 Å². The zero-order valence-electron chi connectivity index (χ0n) is 6.21. The zero-order chi connectivity index (χ0) is 9.12. The average molecular weight is 417 g/mol. The normalized spacial score (nSPS) is 13.6. The predicted octanol–water partition coefficient (Wildman–Crippen LogP) is 4.07. The van der Waals surface area contributed by atoms with Gasteiger partial charge < -0.3 is 5.73 Å². The van der Waals surface area contributed by atoms with Crippen molar-refractivity contribution in [3.63, 3.8) is 0 Å². The van der Waals surface area contributed by atoms with E-state index in [0.29, 0.717) is 0 Å². The van der Waals surface area contributed by atoms with Gasteiger partial charge in [-0.3, -0.25) is 0 Å². The van der Waals surface area contributed by atoms with Crippen molar-refractivity contribution in [2.24, 2.45) is 5.73 Å². The molecular weight excluding hydrogens is 406 g/mol. The molecule has 2 N–H and O–H groups in total. The molecule has 0 fully saturated rings. The molecular formula is C6H11Br4N. The molecule has 0 unspecified atom stereocenters. The lowest BCUT2D eigenvalue weighted by Crippen LogP contribution is -2.42. The molecule has 0 bridgehead atoms. The van der Waals surface area contributed by atoms with Crippen molar-refractivity contribution in [3.8, 4) is 0 Å². The van der Waals surface area contributed by atoms with Crippen LogP contribution in [0.4, 0.5) is 0 Å². The second kappa shape index (κ2) is 4.94. The number of hydrogen-bond acceptors (Lipinski definition) is 1. The molecule has 0 aromatic rings. The highest BCUT2D eigenvalue weighted by Gasteiger charge is 2.40. The first-order valence-corrected chi connectivity index (χ1v) is 6.53. The smallest absolute Gasteiger partial charge is 0.153 e. The Morgan fingerprint density at radius 3 is 1.91 bits per heavy atom. The van der Waals surface area contributed by atoms with Gasteiger partial charge in [0.2, 0.25) is 0 Å². The highest BCUT2D eigenvalue weighted by atomic mass is 79.9. The van der Waals surface area contributed by atoms with Crippen LogP contribution < -0.4 is 5.73 Å². The summed E-state index contributed by atoms with van der Waals surface area (Å²) in [5.41, 5.74) is 5.79. The van der Waals surface area contributed by atoms with Gasteiger partial charge in [0, 0.05) is 0 Å². The molecule has 0 aliphatic rings. The Kier molecular flexibility index (Phi) is 5.78. The molecule has 0 saturated carbocycles. The van der Waals surface area contributed by atoms with Crippen LogP contribution in [0, 0.1) is 0 Å². The van der Waals surface area contributed by atoms with Crippen molar-refractivity contribution in [2.75, 3.05) is 0 Å². The highest BCUT2D eigenvalue weighted by molar-refractivity contribution is 9.30. The van der Waals surface area contributed by atoms with E-state index in [1.165, 1.54) is 0 Å². The molecule has 0 amide bonds. The average Bonchev–Trinajstić information content (AvgIpc) is 1.81. The number of alkyl halides is 4. The van der Waals surface area contributed by atoms with E-state index >= 15 is 0 Å². The van der Waals surface area contributed by atoms with Gasteiger partial charge in [-0.25, -0.2) is 0 Å². The van der Waals surface area contributed by atoms with Crippen molar-refractivity contribution < 1.29 is 0 Å². The van der Waals surface area contributed by atoms with Crippen LogP contribution >= 0.6 is 63.7 Å². The van der Waals surface area contributed by atoms with Gasteiger partial charge in [0.05, 0.1) is 0 Å². The lowest BCUT2D eigenvalue weighted by molar-refractivity contribution is 0.641. The van der Waals surface area contributed by atoms with Crippen molar-refractivity contribution in [1.29, 1.82) is 0 Å². The van der Waals surface area contributed by atoms with Crippen molar-refractivity contribution in [2.45, 2.75) is 32.8 Å². The maximum absolute atomic E-state index is 5.79. The summed E-state index contributed by atoms with van der Waals surface area (Å²) in [5, 5.41) is 0. The zero-order valence-corrected chi connectivity index (χ0v) is 12.6. The van der Waals surface area contributed by atoms with E-state index in [4.69, 9.17) is 5.73 Å². The van der Waals surface area contributed by atoms with Gasteiger partial charge in [-0.2, -0.15) is 0 Å². The Morgan fingerprint density at radius 2 is 1.64 bits per heavy atom. The van der Waals surface area contributed by atoms with Gasteiger partial charge in [-0.15, -0.1) is 0 Å². The van der Waals surface area contributed by atoms with Crippen LogP contribution in [0.25, 0.3) is 0 Å². The largest absolute Gasteiger partial charge is 0.305 e. The van der Waals surface area contributed by atoms with Crippen LogP contribution in [0.3, 0.4) is 0 Å². The molecule has 0 rings (SSSR count). The minimum atomic E-state index is -0.595. The molecule has 0 aromatic carbocycles. The summed E-state index contributed by atoms with van der Waals surface area (Å²) in [7, 11) is 0. The maximum Gasteiger partial charge on any atom is 0.153 e. The summed E-state index contributed by atoms with van der Waals surface area (Å²) < 4.78 is -0.870. The molecule has 11 heavy (non-hydrogen) atoms. The lowest BCUT2D eigenvalue weighted by Gasteiger charge is -2.30. The Balaban J connectivity index is 4.00. The summed E-state index contributed by atoms with van der Waals surface area (Å²) >= 11 is 13.7. The Labute approximate surface area is 101 Å². The Bertz CT molecular complexity index is 118. The third-order valence-corrected chi connectivity index (χ3v) is 6.86. The second-order valence-corrected chi connectivity index (χ2v) is 9.77. The standard InChI is InChI=1S/C6H11Br4N/c1-2-3-4-5(7,8)6(9,10)11/h2-4,11H2,1H3. The van der Waals surface area contributed by atoms with Crippen LogP contribution in [-0.2, 0) is 0 Å². The molecule has 0 aliphatic heterocycles. The first-order valence-electron chi connectivity index (χ1n) is 3.36. The monoisotopic (exact) mass is 413 g/mol. The first kappa shape index (κ1) is 12.9. The van der Waals surface area contributed by atoms with Gasteiger partial charge in [-0.1, -0.05) is 83.5 Å². The van der Waals surface area contributed by atoms with Crippen molar-refractivity contribution in [3.05, 3.63) is 0 Å². The molecule has 1 nitrogen and oxygen atoms in total. The maximum atomic E-state index is 5.79. The number of hydrogen-bond donors (Lipinski definition) is 1. The van der Waals surface area contributed by atoms with Crippen LogP contribution in [-0.4, -0.2) is 6.59 Å². The number of halogens is 4. The van der Waals surface area contributed by atoms with Gasteiger partial charge in [0.15, 0.2) is 3.36 Å². The van der Waals surface area contributed by atoms with Crippen LogP contribution in [0.15, 0.2) is 0 Å². The minimum Gasteiger partial charge on any atom is -0.305 e. The first-order chi connectivity index (χ1) is 4.81. The molecule has 0 atom stereocenters. The van der Waals surface area contributed by atoms with Crippen molar-refractivity contribution in [1.82, 2.24) is 0 Å². The Hall–Kier alpha value is 1.88. The molecule has 0 radical (unpaired) electrons. The van der Waals surface area contributed by atoms with E-state index in [0.717, 1.165) is 19.3 Å².